The van der Waals surface area contributed by atoms with Gasteiger partial charge in [-0.25, -0.2) is 13.2 Å². The molecule has 22 heavy (non-hydrogen) atoms. The molecule has 2 aromatic rings. The van der Waals surface area contributed by atoms with Gasteiger partial charge in [-0.1, -0.05) is 12.1 Å². The summed E-state index contributed by atoms with van der Waals surface area (Å²) in [6.07, 6.45) is 2.46. The molecule has 1 aliphatic rings. The summed E-state index contributed by atoms with van der Waals surface area (Å²) in [4.78, 5) is 0. The molecule has 2 aromatic carbocycles. The van der Waals surface area contributed by atoms with Crippen molar-refractivity contribution in [2.75, 3.05) is 19.8 Å². The second-order valence-electron chi connectivity index (χ2n) is 5.03. The molecule has 2 nitrogen and oxygen atoms in total. The fourth-order valence-corrected chi connectivity index (χ4v) is 2.61. The van der Waals surface area contributed by atoms with E-state index in [-0.39, 0.29) is 29.9 Å². The van der Waals surface area contributed by atoms with E-state index in [0.717, 1.165) is 0 Å². The lowest BCUT2D eigenvalue weighted by atomic mass is 9.98. The van der Waals surface area contributed by atoms with Crippen molar-refractivity contribution in [1.29, 1.82) is 0 Å². The summed E-state index contributed by atoms with van der Waals surface area (Å²) in [6.45, 7) is 2.73. The van der Waals surface area contributed by atoms with Gasteiger partial charge in [-0.05, 0) is 36.4 Å². The van der Waals surface area contributed by atoms with Crippen LogP contribution >= 0.6 is 0 Å². The first kappa shape index (κ1) is 14.9. The van der Waals surface area contributed by atoms with Gasteiger partial charge < -0.3 is 9.47 Å². The predicted octanol–water partition coefficient (Wildman–Crippen LogP) is 4.46. The van der Waals surface area contributed by atoms with Crippen LogP contribution in [-0.2, 0) is 4.74 Å². The van der Waals surface area contributed by atoms with Gasteiger partial charge in [-0.3, -0.25) is 0 Å². The van der Waals surface area contributed by atoms with E-state index in [1.54, 1.807) is 6.92 Å². The lowest BCUT2D eigenvalue weighted by Gasteiger charge is -2.16. The summed E-state index contributed by atoms with van der Waals surface area (Å²) in [6, 6.07) is 4.40. The third-order valence-electron chi connectivity index (χ3n) is 3.64. The van der Waals surface area contributed by atoms with Gasteiger partial charge in [0.1, 0.15) is 0 Å². The maximum Gasteiger partial charge on any atom is 0.175 e. The van der Waals surface area contributed by atoms with Crippen molar-refractivity contribution in [2.24, 2.45) is 0 Å². The molecule has 0 saturated carbocycles. The number of fused-ring (bicyclic) bond motifs is 1. The molecule has 0 aromatic heterocycles. The smallest absolute Gasteiger partial charge is 0.175 e. The lowest BCUT2D eigenvalue weighted by Crippen LogP contribution is -2.08. The molecule has 0 N–H and O–H groups in total. The summed E-state index contributed by atoms with van der Waals surface area (Å²) >= 11 is 0. The number of halogens is 3. The number of benzene rings is 2. The Morgan fingerprint density at radius 1 is 1.14 bits per heavy atom. The highest BCUT2D eigenvalue weighted by Gasteiger charge is 2.21. The van der Waals surface area contributed by atoms with Crippen LogP contribution in [0.3, 0.4) is 0 Å². The first-order chi connectivity index (χ1) is 10.6. The van der Waals surface area contributed by atoms with E-state index < -0.39 is 17.5 Å². The summed E-state index contributed by atoms with van der Waals surface area (Å²) in [5.74, 6) is -3.22. The average molecular weight is 308 g/mol. The first-order valence-corrected chi connectivity index (χ1v) is 7.13. The summed E-state index contributed by atoms with van der Waals surface area (Å²) in [5, 5.41) is -0.0918. The zero-order valence-electron chi connectivity index (χ0n) is 12.1. The molecule has 1 aliphatic heterocycles. The molecule has 0 atom stereocenters. The van der Waals surface area contributed by atoms with Gasteiger partial charge in [-0.15, -0.1) is 0 Å². The van der Waals surface area contributed by atoms with Gasteiger partial charge in [0.05, 0.1) is 25.2 Å². The minimum atomic E-state index is -1.20. The van der Waals surface area contributed by atoms with E-state index >= 15 is 0 Å². The predicted molar refractivity (Wildman–Crippen MR) is 78.4 cm³/mol. The number of hydrogen-bond donors (Lipinski definition) is 0. The molecule has 0 bridgehead atoms. The molecule has 116 valence electrons. The van der Waals surface area contributed by atoms with E-state index in [2.05, 4.69) is 0 Å². The van der Waals surface area contributed by atoms with E-state index in [1.165, 1.54) is 18.2 Å². The van der Waals surface area contributed by atoms with Gasteiger partial charge in [0, 0.05) is 5.56 Å². The van der Waals surface area contributed by atoms with Crippen LogP contribution < -0.4 is 4.74 Å². The molecule has 0 radical (unpaired) electrons. The van der Waals surface area contributed by atoms with Crippen molar-refractivity contribution < 1.29 is 22.6 Å². The average Bonchev–Trinajstić information content (AvgIpc) is 2.54. The van der Waals surface area contributed by atoms with Crippen molar-refractivity contribution in [3.63, 3.8) is 0 Å². The Bertz CT molecular complexity index is 753. The summed E-state index contributed by atoms with van der Waals surface area (Å²) in [7, 11) is 0. The number of ether oxygens (including phenoxy) is 2. The largest absolute Gasteiger partial charge is 0.491 e. The van der Waals surface area contributed by atoms with E-state index in [4.69, 9.17) is 9.47 Å². The molecule has 0 aliphatic carbocycles. The third-order valence-corrected chi connectivity index (χ3v) is 3.64. The van der Waals surface area contributed by atoms with E-state index in [1.807, 2.05) is 6.08 Å². The van der Waals surface area contributed by atoms with Crippen LogP contribution in [0.4, 0.5) is 13.2 Å². The molecule has 3 rings (SSSR count). The minimum absolute atomic E-state index is 0.0822. The Morgan fingerprint density at radius 3 is 2.64 bits per heavy atom. The Hall–Kier alpha value is -2.01. The Labute approximate surface area is 126 Å². The first-order valence-electron chi connectivity index (χ1n) is 7.13. The molecule has 0 spiro atoms. The SMILES string of the molecule is CCOc1ccc2cc(C3=CCCOC3)c(F)c(F)c2c1F. The quantitative estimate of drug-likeness (QED) is 0.833. The van der Waals surface area contributed by atoms with Gasteiger partial charge in [-0.2, -0.15) is 0 Å². The summed E-state index contributed by atoms with van der Waals surface area (Å²) in [5.41, 5.74) is 0.701. The second-order valence-corrected chi connectivity index (χ2v) is 5.03. The van der Waals surface area contributed by atoms with Crippen molar-refractivity contribution >= 4 is 16.3 Å². The van der Waals surface area contributed by atoms with Crippen molar-refractivity contribution in [3.05, 3.63) is 47.3 Å². The third kappa shape index (κ3) is 2.46. The van der Waals surface area contributed by atoms with Crippen LogP contribution in [0.25, 0.3) is 16.3 Å². The van der Waals surface area contributed by atoms with E-state index in [0.29, 0.717) is 24.0 Å². The van der Waals surface area contributed by atoms with Gasteiger partial charge in [0.25, 0.3) is 0 Å². The highest BCUT2D eigenvalue weighted by molar-refractivity contribution is 5.89. The Morgan fingerprint density at radius 2 is 1.95 bits per heavy atom. The maximum absolute atomic E-state index is 14.4. The standard InChI is InChI=1S/C17H15F3O2/c1-2-22-13-6-5-10-8-12(11-4-3-7-21-9-11)15(18)17(20)14(10)16(13)19/h4-6,8H,2-3,7,9H2,1H3. The van der Waals surface area contributed by atoms with Crippen molar-refractivity contribution in [1.82, 2.24) is 0 Å². The zero-order chi connectivity index (χ0) is 15.7. The molecular formula is C17H15F3O2. The molecule has 0 amide bonds. The van der Waals surface area contributed by atoms with Crippen molar-refractivity contribution in [2.45, 2.75) is 13.3 Å². The van der Waals surface area contributed by atoms with Crippen LogP contribution in [0, 0.1) is 17.5 Å². The maximum atomic E-state index is 14.4. The molecule has 1 heterocycles. The molecule has 5 heteroatoms. The van der Waals surface area contributed by atoms with Crippen molar-refractivity contribution in [3.8, 4) is 5.75 Å². The van der Waals surface area contributed by atoms with Crippen LogP contribution in [0.1, 0.15) is 18.9 Å². The minimum Gasteiger partial charge on any atom is -0.491 e. The van der Waals surface area contributed by atoms with Crippen LogP contribution in [-0.4, -0.2) is 19.8 Å². The lowest BCUT2D eigenvalue weighted by molar-refractivity contribution is 0.164. The Balaban J connectivity index is 2.21. The highest BCUT2D eigenvalue weighted by atomic mass is 19.2. The second kappa shape index (κ2) is 6.01. The zero-order valence-corrected chi connectivity index (χ0v) is 12.1. The molecular weight excluding hydrogens is 293 g/mol. The monoisotopic (exact) mass is 308 g/mol. The van der Waals surface area contributed by atoms with Crippen LogP contribution in [0.5, 0.6) is 5.75 Å². The van der Waals surface area contributed by atoms with Crippen LogP contribution in [0.15, 0.2) is 24.3 Å². The highest BCUT2D eigenvalue weighted by Crippen LogP contribution is 2.34. The Kier molecular flexibility index (Phi) is 4.07. The topological polar surface area (TPSA) is 18.5 Å². The number of rotatable bonds is 3. The van der Waals surface area contributed by atoms with Gasteiger partial charge in [0.2, 0.25) is 0 Å². The van der Waals surface area contributed by atoms with Crippen LogP contribution in [0.2, 0.25) is 0 Å². The normalized spacial score (nSPS) is 15.0. The fourth-order valence-electron chi connectivity index (χ4n) is 2.61. The molecule has 0 saturated heterocycles. The van der Waals surface area contributed by atoms with E-state index in [9.17, 15) is 13.2 Å². The van der Waals surface area contributed by atoms with Gasteiger partial charge >= 0.3 is 0 Å². The fraction of sp³-hybridized carbons (Fsp3) is 0.294. The molecule has 0 fully saturated rings. The summed E-state index contributed by atoms with van der Waals surface area (Å²) < 4.78 is 53.3. The van der Waals surface area contributed by atoms with Gasteiger partial charge in [0.15, 0.2) is 23.2 Å². The molecule has 0 unspecified atom stereocenters. The number of hydrogen-bond acceptors (Lipinski definition) is 2.